The van der Waals surface area contributed by atoms with Gasteiger partial charge in [0, 0.05) is 30.4 Å². The summed E-state index contributed by atoms with van der Waals surface area (Å²) in [5, 5.41) is 24.9. The number of aromatic nitrogens is 1. The lowest BCUT2D eigenvalue weighted by Crippen LogP contribution is -2.50. The maximum Gasteiger partial charge on any atom is 0.255 e. The van der Waals surface area contributed by atoms with Gasteiger partial charge in [0.1, 0.15) is 0 Å². The quantitative estimate of drug-likeness (QED) is 0.653. The molecule has 0 spiro atoms. The summed E-state index contributed by atoms with van der Waals surface area (Å²) >= 11 is 1.58. The van der Waals surface area contributed by atoms with E-state index in [4.69, 9.17) is 0 Å². The van der Waals surface area contributed by atoms with Crippen LogP contribution in [0.4, 0.5) is 0 Å². The van der Waals surface area contributed by atoms with E-state index in [9.17, 15) is 19.8 Å². The highest BCUT2D eigenvalue weighted by atomic mass is 32.1. The molecule has 144 valence electrons. The number of carbonyl (C=O) groups excluding carboxylic acids is 2. The SMILES string of the molecule is O=C(NCCc1cccs1)[C@H](O)[C@@H](O)C(=O)N1CCCC1c1cccnc1. The third-order valence-corrected chi connectivity index (χ3v) is 5.61. The van der Waals surface area contributed by atoms with Crippen LogP contribution in [0.1, 0.15) is 29.3 Å². The Balaban J connectivity index is 1.56. The van der Waals surface area contributed by atoms with Crippen LogP contribution in [0, 0.1) is 0 Å². The maximum atomic E-state index is 12.7. The standard InChI is InChI=1S/C19H23N3O4S/c23-16(18(25)21-9-7-14-5-3-11-27-14)17(24)19(26)22-10-2-6-15(22)13-4-1-8-20-12-13/h1,3-5,8,11-12,15-17,23-24H,2,6-7,9-10H2,(H,21,25)/t15?,16-,17-/m1/s1. The monoisotopic (exact) mass is 389 g/mol. The topological polar surface area (TPSA) is 103 Å². The zero-order chi connectivity index (χ0) is 19.2. The first kappa shape index (κ1) is 19.5. The van der Waals surface area contributed by atoms with Gasteiger partial charge in [-0.05, 0) is 42.3 Å². The Morgan fingerprint density at radius 2 is 2.15 bits per heavy atom. The molecule has 1 saturated heterocycles. The number of nitrogens with zero attached hydrogens (tertiary/aromatic N) is 2. The smallest absolute Gasteiger partial charge is 0.255 e. The van der Waals surface area contributed by atoms with Crippen LogP contribution in [0.5, 0.6) is 0 Å². The summed E-state index contributed by atoms with van der Waals surface area (Å²) in [6.45, 7) is 0.807. The van der Waals surface area contributed by atoms with E-state index in [0.29, 0.717) is 19.5 Å². The third kappa shape index (κ3) is 4.71. The first-order valence-corrected chi connectivity index (χ1v) is 9.82. The Morgan fingerprint density at radius 1 is 1.30 bits per heavy atom. The third-order valence-electron chi connectivity index (χ3n) is 4.68. The number of aliphatic hydroxyl groups is 2. The summed E-state index contributed by atoms with van der Waals surface area (Å²) in [5.41, 5.74) is 0.880. The van der Waals surface area contributed by atoms with Gasteiger partial charge in [-0.25, -0.2) is 0 Å². The van der Waals surface area contributed by atoms with Crippen molar-refractivity contribution in [1.82, 2.24) is 15.2 Å². The summed E-state index contributed by atoms with van der Waals surface area (Å²) in [4.78, 5) is 31.4. The van der Waals surface area contributed by atoms with Gasteiger partial charge >= 0.3 is 0 Å². The molecule has 2 aromatic rings. The van der Waals surface area contributed by atoms with Gasteiger partial charge in [-0.15, -0.1) is 11.3 Å². The van der Waals surface area contributed by atoms with E-state index in [1.165, 1.54) is 4.90 Å². The summed E-state index contributed by atoms with van der Waals surface area (Å²) in [6.07, 6.45) is 1.95. The van der Waals surface area contributed by atoms with E-state index in [-0.39, 0.29) is 6.04 Å². The second-order valence-corrected chi connectivity index (χ2v) is 7.52. The summed E-state index contributed by atoms with van der Waals surface area (Å²) in [6, 6.07) is 7.35. The molecule has 2 aromatic heterocycles. The average molecular weight is 389 g/mol. The first-order chi connectivity index (χ1) is 13.1. The van der Waals surface area contributed by atoms with Crippen LogP contribution in [0.15, 0.2) is 42.0 Å². The van der Waals surface area contributed by atoms with Crippen molar-refractivity contribution < 1.29 is 19.8 Å². The highest BCUT2D eigenvalue weighted by Gasteiger charge is 2.38. The van der Waals surface area contributed by atoms with Crippen LogP contribution >= 0.6 is 11.3 Å². The molecule has 8 heteroatoms. The van der Waals surface area contributed by atoms with E-state index in [2.05, 4.69) is 10.3 Å². The molecule has 1 aliphatic heterocycles. The van der Waals surface area contributed by atoms with Crippen LogP contribution in [0.3, 0.4) is 0 Å². The Kier molecular flexibility index (Phi) is 6.54. The molecule has 3 heterocycles. The highest BCUT2D eigenvalue weighted by molar-refractivity contribution is 7.09. The van der Waals surface area contributed by atoms with Crippen molar-refractivity contribution in [2.45, 2.75) is 37.5 Å². The zero-order valence-electron chi connectivity index (χ0n) is 14.8. The second-order valence-electron chi connectivity index (χ2n) is 6.49. The number of pyridine rings is 1. The summed E-state index contributed by atoms with van der Waals surface area (Å²) in [7, 11) is 0. The van der Waals surface area contributed by atoms with Gasteiger partial charge in [-0.1, -0.05) is 12.1 Å². The van der Waals surface area contributed by atoms with Crippen LogP contribution in [-0.4, -0.2) is 57.2 Å². The second kappa shape index (κ2) is 9.07. The summed E-state index contributed by atoms with van der Waals surface area (Å²) in [5.74, 6) is -1.38. The number of nitrogens with one attached hydrogen (secondary N) is 1. The van der Waals surface area contributed by atoms with Crippen LogP contribution < -0.4 is 5.32 Å². The summed E-state index contributed by atoms with van der Waals surface area (Å²) < 4.78 is 0. The lowest BCUT2D eigenvalue weighted by Gasteiger charge is -2.28. The molecule has 0 radical (unpaired) electrons. The van der Waals surface area contributed by atoms with Gasteiger partial charge in [0.2, 0.25) is 0 Å². The van der Waals surface area contributed by atoms with Crippen molar-refractivity contribution in [3.63, 3.8) is 0 Å². The van der Waals surface area contributed by atoms with E-state index in [1.54, 1.807) is 29.8 Å². The molecule has 3 N–H and O–H groups in total. The minimum atomic E-state index is -1.80. The molecule has 1 unspecified atom stereocenters. The lowest BCUT2D eigenvalue weighted by atomic mass is 10.1. The van der Waals surface area contributed by atoms with Crippen molar-refractivity contribution in [3.8, 4) is 0 Å². The van der Waals surface area contributed by atoms with Gasteiger partial charge < -0.3 is 20.4 Å². The average Bonchev–Trinajstić information content (AvgIpc) is 3.38. The molecule has 0 bridgehead atoms. The van der Waals surface area contributed by atoms with E-state index in [1.807, 2.05) is 23.6 Å². The highest BCUT2D eigenvalue weighted by Crippen LogP contribution is 2.32. The number of aliphatic hydroxyl groups excluding tert-OH is 2. The number of hydrogen-bond acceptors (Lipinski definition) is 6. The fourth-order valence-corrected chi connectivity index (χ4v) is 3.98. The van der Waals surface area contributed by atoms with E-state index in [0.717, 1.165) is 23.3 Å². The van der Waals surface area contributed by atoms with Crippen molar-refractivity contribution in [2.24, 2.45) is 0 Å². The van der Waals surface area contributed by atoms with Gasteiger partial charge in [0.25, 0.3) is 11.8 Å². The number of hydrogen-bond donors (Lipinski definition) is 3. The molecule has 0 saturated carbocycles. The van der Waals surface area contributed by atoms with Crippen molar-refractivity contribution in [2.75, 3.05) is 13.1 Å². The maximum absolute atomic E-state index is 12.7. The van der Waals surface area contributed by atoms with Crippen molar-refractivity contribution in [3.05, 3.63) is 52.5 Å². The zero-order valence-corrected chi connectivity index (χ0v) is 15.6. The van der Waals surface area contributed by atoms with Gasteiger partial charge in [-0.2, -0.15) is 0 Å². The minimum absolute atomic E-state index is 0.199. The fourth-order valence-electron chi connectivity index (χ4n) is 3.27. The number of carbonyl (C=O) groups is 2. The molecule has 1 aliphatic rings. The fraction of sp³-hybridized carbons (Fsp3) is 0.421. The first-order valence-electron chi connectivity index (χ1n) is 8.94. The lowest BCUT2D eigenvalue weighted by molar-refractivity contribution is -0.153. The number of amides is 2. The molecule has 27 heavy (non-hydrogen) atoms. The number of rotatable bonds is 7. The van der Waals surface area contributed by atoms with Gasteiger partial charge in [0.15, 0.2) is 12.2 Å². The van der Waals surface area contributed by atoms with Crippen LogP contribution in [0.2, 0.25) is 0 Å². The van der Waals surface area contributed by atoms with E-state index >= 15 is 0 Å². The largest absolute Gasteiger partial charge is 0.380 e. The Hall–Kier alpha value is -2.29. The molecule has 3 rings (SSSR count). The molecule has 1 fully saturated rings. The molecular formula is C19H23N3O4S. The molecule has 2 amide bonds. The predicted molar refractivity (Wildman–Crippen MR) is 101 cm³/mol. The molecule has 0 aliphatic carbocycles. The Morgan fingerprint density at radius 3 is 2.85 bits per heavy atom. The minimum Gasteiger partial charge on any atom is -0.380 e. The number of thiophene rings is 1. The van der Waals surface area contributed by atoms with Crippen molar-refractivity contribution >= 4 is 23.2 Å². The molecule has 3 atom stereocenters. The molecule has 0 aromatic carbocycles. The predicted octanol–water partition coefficient (Wildman–Crippen LogP) is 0.887. The van der Waals surface area contributed by atoms with Gasteiger partial charge in [0.05, 0.1) is 6.04 Å². The van der Waals surface area contributed by atoms with Gasteiger partial charge in [-0.3, -0.25) is 14.6 Å². The van der Waals surface area contributed by atoms with Crippen molar-refractivity contribution in [1.29, 1.82) is 0 Å². The Labute approximate surface area is 161 Å². The van der Waals surface area contributed by atoms with Crippen LogP contribution in [-0.2, 0) is 16.0 Å². The van der Waals surface area contributed by atoms with E-state index < -0.39 is 24.0 Å². The molecular weight excluding hydrogens is 366 g/mol. The molecule has 7 nitrogen and oxygen atoms in total. The number of likely N-dealkylation sites (tertiary alicyclic amines) is 1. The van der Waals surface area contributed by atoms with Crippen LogP contribution in [0.25, 0.3) is 0 Å². The normalized spacial score (nSPS) is 18.9. The Bertz CT molecular complexity index is 754.